The number of H-pyrrole nitrogens is 1. The molecule has 0 spiro atoms. The van der Waals surface area contributed by atoms with Crippen molar-refractivity contribution in [2.24, 2.45) is 0 Å². The average Bonchev–Trinajstić information content (AvgIpc) is 3.05. The van der Waals surface area contributed by atoms with E-state index in [2.05, 4.69) is 26.0 Å². The number of nitrogens with one attached hydrogen (secondary N) is 2. The minimum absolute atomic E-state index is 0.447. The van der Waals surface area contributed by atoms with Crippen molar-refractivity contribution < 1.29 is 4.42 Å². The Balaban J connectivity index is 1.94. The van der Waals surface area contributed by atoms with E-state index in [9.17, 15) is 0 Å². The highest BCUT2D eigenvalue weighted by Crippen LogP contribution is 2.31. The molecule has 0 saturated carbocycles. The summed E-state index contributed by atoms with van der Waals surface area (Å²) in [5, 5.41) is 18.2. The highest BCUT2D eigenvalue weighted by molar-refractivity contribution is 8.00. The fourth-order valence-corrected chi connectivity index (χ4v) is 2.62. The molecule has 0 bridgehead atoms. The fraction of sp³-hybridized carbons (Fsp3) is 0.154. The second-order valence-electron chi connectivity index (χ2n) is 4.29. The average molecular weight is 285 g/mol. The van der Waals surface area contributed by atoms with Crippen LogP contribution < -0.4 is 4.72 Å². The summed E-state index contributed by atoms with van der Waals surface area (Å²) < 4.78 is 8.44. The van der Waals surface area contributed by atoms with Gasteiger partial charge in [-0.1, -0.05) is 11.2 Å². The molecule has 3 aromatic rings. The molecule has 0 aliphatic carbocycles. The van der Waals surface area contributed by atoms with E-state index >= 15 is 0 Å². The summed E-state index contributed by atoms with van der Waals surface area (Å²) in [6, 6.07) is 6.11. The second-order valence-corrected chi connectivity index (χ2v) is 5.04. The summed E-state index contributed by atoms with van der Waals surface area (Å²) in [5.74, 6) is 0.523. The Morgan fingerprint density at radius 3 is 2.90 bits per heavy atom. The van der Waals surface area contributed by atoms with E-state index in [1.165, 1.54) is 11.9 Å². The number of rotatable bonds is 3. The minimum Gasteiger partial charge on any atom is -0.415 e. The molecule has 0 aliphatic heterocycles. The lowest BCUT2D eigenvalue weighted by Crippen LogP contribution is -1.90. The predicted octanol–water partition coefficient (Wildman–Crippen LogP) is 3.16. The molecule has 0 atom stereocenters. The minimum atomic E-state index is 0.447. The maximum atomic E-state index is 9.12. The molecule has 20 heavy (non-hydrogen) atoms. The van der Waals surface area contributed by atoms with E-state index in [1.807, 2.05) is 19.1 Å². The van der Waals surface area contributed by atoms with Gasteiger partial charge in [-0.2, -0.15) is 5.26 Å². The lowest BCUT2D eigenvalue weighted by Gasteiger charge is -2.06. The standard InChI is InChI=1S/C13H11N5OS/c1-7-3-4-10(12-11(7)9(5-14)6-15-12)18-20-13-17-16-8(2)19-13/h3-4,6,15,18H,1-2H3. The summed E-state index contributed by atoms with van der Waals surface area (Å²) >= 11 is 1.24. The molecular weight excluding hydrogens is 274 g/mol. The number of hydrogen-bond acceptors (Lipinski definition) is 6. The zero-order chi connectivity index (χ0) is 14.1. The smallest absolute Gasteiger partial charge is 0.297 e. The van der Waals surface area contributed by atoms with E-state index in [4.69, 9.17) is 9.68 Å². The first-order chi connectivity index (χ1) is 9.69. The number of nitrogens with zero attached hydrogens (tertiary/aromatic N) is 3. The van der Waals surface area contributed by atoms with Crippen molar-refractivity contribution in [1.29, 1.82) is 5.26 Å². The Kier molecular flexibility index (Phi) is 3.08. The molecule has 2 N–H and O–H groups in total. The molecule has 2 aromatic heterocycles. The van der Waals surface area contributed by atoms with Crippen molar-refractivity contribution in [2.45, 2.75) is 19.1 Å². The summed E-state index contributed by atoms with van der Waals surface area (Å²) in [4.78, 5) is 3.13. The fourth-order valence-electron chi connectivity index (χ4n) is 2.01. The van der Waals surface area contributed by atoms with Crippen molar-refractivity contribution in [1.82, 2.24) is 15.2 Å². The van der Waals surface area contributed by atoms with Crippen LogP contribution in [-0.4, -0.2) is 15.2 Å². The molecule has 0 aliphatic rings. The van der Waals surface area contributed by atoms with Gasteiger partial charge < -0.3 is 14.1 Å². The van der Waals surface area contributed by atoms with Gasteiger partial charge in [-0.3, -0.25) is 0 Å². The normalized spacial score (nSPS) is 10.7. The van der Waals surface area contributed by atoms with E-state index in [0.717, 1.165) is 22.2 Å². The Morgan fingerprint density at radius 2 is 2.20 bits per heavy atom. The Bertz CT molecular complexity index is 814. The van der Waals surface area contributed by atoms with Crippen molar-refractivity contribution in [3.8, 4) is 6.07 Å². The number of benzene rings is 1. The van der Waals surface area contributed by atoms with Gasteiger partial charge in [0.25, 0.3) is 5.22 Å². The SMILES string of the molecule is Cc1nnc(SNc2ccc(C)c3c(C#N)c[nH]c23)o1. The number of anilines is 1. The number of hydrogen-bond donors (Lipinski definition) is 2. The van der Waals surface area contributed by atoms with Gasteiger partial charge in [0.15, 0.2) is 0 Å². The number of aromatic amines is 1. The van der Waals surface area contributed by atoms with Crippen molar-refractivity contribution in [3.05, 3.63) is 35.3 Å². The summed E-state index contributed by atoms with van der Waals surface area (Å²) in [6.45, 7) is 3.72. The summed E-state index contributed by atoms with van der Waals surface area (Å²) in [5.41, 5.74) is 3.46. The van der Waals surface area contributed by atoms with E-state index in [1.54, 1.807) is 13.1 Å². The van der Waals surface area contributed by atoms with Crippen LogP contribution in [0.4, 0.5) is 5.69 Å². The van der Waals surface area contributed by atoms with Gasteiger partial charge in [-0.25, -0.2) is 0 Å². The quantitative estimate of drug-likeness (QED) is 0.718. The molecule has 0 unspecified atom stereocenters. The van der Waals surface area contributed by atoms with Crippen LogP contribution in [0.15, 0.2) is 28.0 Å². The number of aryl methyl sites for hydroxylation is 2. The van der Waals surface area contributed by atoms with Crippen LogP contribution in [-0.2, 0) is 0 Å². The molecule has 1 aromatic carbocycles. The van der Waals surface area contributed by atoms with Gasteiger partial charge in [-0.15, -0.1) is 5.10 Å². The van der Waals surface area contributed by atoms with Crippen LogP contribution in [0.2, 0.25) is 0 Å². The third-order valence-corrected chi connectivity index (χ3v) is 3.58. The lowest BCUT2D eigenvalue weighted by molar-refractivity contribution is 0.430. The van der Waals surface area contributed by atoms with Gasteiger partial charge in [0.1, 0.15) is 6.07 Å². The molecule has 7 heteroatoms. The number of nitriles is 1. The third kappa shape index (κ3) is 2.10. The largest absolute Gasteiger partial charge is 0.415 e. The van der Waals surface area contributed by atoms with Gasteiger partial charge in [0.2, 0.25) is 5.89 Å². The Labute approximate surface area is 119 Å². The van der Waals surface area contributed by atoms with Crippen LogP contribution in [0.5, 0.6) is 0 Å². The van der Waals surface area contributed by atoms with Crippen LogP contribution in [0.3, 0.4) is 0 Å². The van der Waals surface area contributed by atoms with Crippen molar-refractivity contribution >= 4 is 28.5 Å². The van der Waals surface area contributed by atoms with Crippen molar-refractivity contribution in [3.63, 3.8) is 0 Å². The molecule has 2 heterocycles. The van der Waals surface area contributed by atoms with E-state index in [-0.39, 0.29) is 0 Å². The highest BCUT2D eigenvalue weighted by atomic mass is 32.2. The number of fused-ring (bicyclic) bond motifs is 1. The maximum Gasteiger partial charge on any atom is 0.297 e. The van der Waals surface area contributed by atoms with Crippen LogP contribution in [0.1, 0.15) is 17.0 Å². The van der Waals surface area contributed by atoms with Crippen LogP contribution in [0.25, 0.3) is 10.9 Å². The first-order valence-electron chi connectivity index (χ1n) is 5.93. The topological polar surface area (TPSA) is 90.5 Å². The monoisotopic (exact) mass is 285 g/mol. The lowest BCUT2D eigenvalue weighted by atomic mass is 10.1. The highest BCUT2D eigenvalue weighted by Gasteiger charge is 2.11. The molecule has 0 radical (unpaired) electrons. The van der Waals surface area contributed by atoms with Gasteiger partial charge in [-0.05, 0) is 18.6 Å². The third-order valence-electron chi connectivity index (χ3n) is 2.92. The van der Waals surface area contributed by atoms with Crippen molar-refractivity contribution in [2.75, 3.05) is 4.72 Å². The zero-order valence-electron chi connectivity index (χ0n) is 10.9. The summed E-state index contributed by atoms with van der Waals surface area (Å²) in [7, 11) is 0. The second kappa shape index (κ2) is 4.90. The zero-order valence-corrected chi connectivity index (χ0v) is 11.7. The molecular formula is C13H11N5OS. The van der Waals surface area contributed by atoms with Crippen LogP contribution in [0, 0.1) is 25.2 Å². The van der Waals surface area contributed by atoms with Gasteiger partial charge in [0, 0.05) is 30.5 Å². The van der Waals surface area contributed by atoms with Gasteiger partial charge >= 0.3 is 0 Å². The maximum absolute atomic E-state index is 9.12. The first kappa shape index (κ1) is 12.6. The van der Waals surface area contributed by atoms with E-state index < -0.39 is 0 Å². The van der Waals surface area contributed by atoms with E-state index in [0.29, 0.717) is 16.7 Å². The molecule has 0 saturated heterocycles. The molecule has 100 valence electrons. The van der Waals surface area contributed by atoms with Gasteiger partial charge in [0.05, 0.1) is 16.8 Å². The molecule has 3 rings (SSSR count). The summed E-state index contributed by atoms with van der Waals surface area (Å²) in [6.07, 6.45) is 1.71. The van der Waals surface area contributed by atoms with Crippen LogP contribution >= 0.6 is 11.9 Å². The Morgan fingerprint density at radius 1 is 1.35 bits per heavy atom. The molecule has 0 fully saturated rings. The predicted molar refractivity (Wildman–Crippen MR) is 76.3 cm³/mol. The molecule has 6 nitrogen and oxygen atoms in total. The first-order valence-corrected chi connectivity index (χ1v) is 6.74. The Hall–Kier alpha value is -2.46. The molecule has 0 amide bonds. The number of aromatic nitrogens is 3.